The van der Waals surface area contributed by atoms with Crippen LogP contribution < -0.4 is 5.32 Å². The lowest BCUT2D eigenvalue weighted by Gasteiger charge is -2.03. The van der Waals surface area contributed by atoms with Crippen LogP contribution in [0.2, 0.25) is 0 Å². The van der Waals surface area contributed by atoms with Crippen LogP contribution in [-0.2, 0) is 0 Å². The van der Waals surface area contributed by atoms with Gasteiger partial charge in [-0.2, -0.15) is 10.5 Å². The van der Waals surface area contributed by atoms with Crippen molar-refractivity contribution in [1.82, 2.24) is 0 Å². The summed E-state index contributed by atoms with van der Waals surface area (Å²) in [5.74, 6) is 0. The summed E-state index contributed by atoms with van der Waals surface area (Å²) in [4.78, 5) is 0. The van der Waals surface area contributed by atoms with Crippen molar-refractivity contribution in [2.45, 2.75) is 0 Å². The summed E-state index contributed by atoms with van der Waals surface area (Å²) < 4.78 is 1.77. The SMILES string of the molecule is N#CC(C#N)=CNc1cc(Br)ccc1Br. The van der Waals surface area contributed by atoms with Crippen LogP contribution in [0.3, 0.4) is 0 Å². The number of halogens is 2. The Morgan fingerprint density at radius 3 is 2.53 bits per heavy atom. The number of hydrogen-bond acceptors (Lipinski definition) is 3. The second-order valence-corrected chi connectivity index (χ2v) is 4.32. The highest BCUT2D eigenvalue weighted by molar-refractivity contribution is 9.11. The molecule has 3 nitrogen and oxygen atoms in total. The zero-order valence-electron chi connectivity index (χ0n) is 7.46. The molecule has 0 atom stereocenters. The summed E-state index contributed by atoms with van der Waals surface area (Å²) in [6.07, 6.45) is 1.37. The number of nitrogens with zero attached hydrogens (tertiary/aromatic N) is 2. The van der Waals surface area contributed by atoms with Crippen molar-refractivity contribution in [2.75, 3.05) is 5.32 Å². The van der Waals surface area contributed by atoms with Crippen molar-refractivity contribution in [3.05, 3.63) is 38.9 Å². The van der Waals surface area contributed by atoms with Crippen molar-refractivity contribution in [2.24, 2.45) is 0 Å². The molecule has 1 N–H and O–H groups in total. The summed E-state index contributed by atoms with van der Waals surface area (Å²) in [5, 5.41) is 19.9. The molecule has 15 heavy (non-hydrogen) atoms. The first kappa shape index (κ1) is 11.8. The fourth-order valence-electron chi connectivity index (χ4n) is 0.848. The number of benzene rings is 1. The van der Waals surface area contributed by atoms with Crippen LogP contribution in [0.1, 0.15) is 0 Å². The van der Waals surface area contributed by atoms with Crippen molar-refractivity contribution >= 4 is 37.5 Å². The van der Waals surface area contributed by atoms with Crippen molar-refractivity contribution in [1.29, 1.82) is 10.5 Å². The lowest BCUT2D eigenvalue weighted by atomic mass is 10.3. The van der Waals surface area contributed by atoms with Gasteiger partial charge in [-0.1, -0.05) is 15.9 Å². The maximum Gasteiger partial charge on any atom is 0.145 e. The van der Waals surface area contributed by atoms with E-state index in [1.807, 2.05) is 18.2 Å². The first-order valence-corrected chi connectivity index (χ1v) is 5.48. The van der Waals surface area contributed by atoms with Gasteiger partial charge in [-0.25, -0.2) is 0 Å². The van der Waals surface area contributed by atoms with Crippen LogP contribution >= 0.6 is 31.9 Å². The second-order valence-electron chi connectivity index (χ2n) is 2.55. The van der Waals surface area contributed by atoms with Crippen molar-refractivity contribution in [3.63, 3.8) is 0 Å². The molecule has 0 fully saturated rings. The average Bonchev–Trinajstić information content (AvgIpc) is 2.24. The molecule has 0 aliphatic heterocycles. The largest absolute Gasteiger partial charge is 0.359 e. The van der Waals surface area contributed by atoms with E-state index in [-0.39, 0.29) is 5.57 Å². The molecule has 0 unspecified atom stereocenters. The number of rotatable bonds is 2. The minimum absolute atomic E-state index is 0.0295. The van der Waals surface area contributed by atoms with E-state index in [0.717, 1.165) is 14.6 Å². The molecule has 0 amide bonds. The van der Waals surface area contributed by atoms with E-state index in [4.69, 9.17) is 10.5 Å². The van der Waals surface area contributed by atoms with Gasteiger partial charge in [0.25, 0.3) is 0 Å². The van der Waals surface area contributed by atoms with Gasteiger partial charge < -0.3 is 5.32 Å². The van der Waals surface area contributed by atoms with E-state index >= 15 is 0 Å². The van der Waals surface area contributed by atoms with Gasteiger partial charge in [0.2, 0.25) is 0 Å². The van der Waals surface area contributed by atoms with E-state index in [0.29, 0.717) is 0 Å². The quantitative estimate of drug-likeness (QED) is 0.845. The van der Waals surface area contributed by atoms with Crippen molar-refractivity contribution < 1.29 is 0 Å². The van der Waals surface area contributed by atoms with Crippen LogP contribution in [0.4, 0.5) is 5.69 Å². The van der Waals surface area contributed by atoms with Crippen molar-refractivity contribution in [3.8, 4) is 12.1 Å². The van der Waals surface area contributed by atoms with Gasteiger partial charge in [0.05, 0.1) is 5.69 Å². The Kier molecular flexibility index (Phi) is 4.36. The minimum atomic E-state index is 0.0295. The van der Waals surface area contributed by atoms with Gasteiger partial charge in [-0.3, -0.25) is 0 Å². The summed E-state index contributed by atoms with van der Waals surface area (Å²) >= 11 is 6.67. The molecule has 1 rings (SSSR count). The van der Waals surface area contributed by atoms with Crippen LogP contribution in [0, 0.1) is 22.7 Å². The average molecular weight is 327 g/mol. The summed E-state index contributed by atoms with van der Waals surface area (Å²) in [6, 6.07) is 9.12. The van der Waals surface area contributed by atoms with Gasteiger partial charge >= 0.3 is 0 Å². The van der Waals surface area contributed by atoms with Gasteiger partial charge in [0.1, 0.15) is 17.7 Å². The molecule has 0 radical (unpaired) electrons. The molecule has 5 heteroatoms. The highest BCUT2D eigenvalue weighted by Gasteiger charge is 1.99. The monoisotopic (exact) mass is 325 g/mol. The van der Waals surface area contributed by atoms with E-state index in [1.54, 1.807) is 12.1 Å². The Hall–Kier alpha value is -1.30. The zero-order chi connectivity index (χ0) is 11.3. The smallest absolute Gasteiger partial charge is 0.145 e. The molecule has 0 aliphatic rings. The molecule has 74 valence electrons. The third-order valence-corrected chi connectivity index (χ3v) is 2.73. The first-order valence-electron chi connectivity index (χ1n) is 3.89. The molecule has 0 spiro atoms. The Labute approximate surface area is 104 Å². The summed E-state index contributed by atoms with van der Waals surface area (Å²) in [6.45, 7) is 0. The molecular weight excluding hydrogens is 322 g/mol. The summed E-state index contributed by atoms with van der Waals surface area (Å²) in [7, 11) is 0. The predicted molar refractivity (Wildman–Crippen MR) is 64.8 cm³/mol. The van der Waals surface area contributed by atoms with Gasteiger partial charge in [0, 0.05) is 15.1 Å². The fourth-order valence-corrected chi connectivity index (χ4v) is 1.57. The lowest BCUT2D eigenvalue weighted by Crippen LogP contribution is -1.90. The standard InChI is InChI=1S/C10H5Br2N3/c11-8-1-2-9(12)10(3-8)15-6-7(4-13)5-14/h1-3,6,15H. The number of hydrogen-bond donors (Lipinski definition) is 1. The fraction of sp³-hybridized carbons (Fsp3) is 0. The highest BCUT2D eigenvalue weighted by Crippen LogP contribution is 2.26. The number of nitrogens with one attached hydrogen (secondary N) is 1. The topological polar surface area (TPSA) is 59.6 Å². The molecule has 0 aromatic heterocycles. The van der Waals surface area contributed by atoms with E-state index in [9.17, 15) is 0 Å². The lowest BCUT2D eigenvalue weighted by molar-refractivity contribution is 1.44. The second kappa shape index (κ2) is 5.55. The van der Waals surface area contributed by atoms with Crippen LogP contribution in [0.15, 0.2) is 38.9 Å². The predicted octanol–water partition coefficient (Wildman–Crippen LogP) is 3.55. The Morgan fingerprint density at radius 1 is 1.27 bits per heavy atom. The molecule has 0 saturated heterocycles. The molecule has 0 aliphatic carbocycles. The number of allylic oxidation sites excluding steroid dienone is 1. The molecular formula is C10H5Br2N3. The van der Waals surface area contributed by atoms with Crippen LogP contribution in [0.5, 0.6) is 0 Å². The van der Waals surface area contributed by atoms with E-state index < -0.39 is 0 Å². The third kappa shape index (κ3) is 3.39. The Balaban J connectivity index is 2.92. The van der Waals surface area contributed by atoms with E-state index in [2.05, 4.69) is 37.2 Å². The third-order valence-electron chi connectivity index (χ3n) is 1.54. The van der Waals surface area contributed by atoms with Crippen LogP contribution in [-0.4, -0.2) is 0 Å². The molecule has 0 heterocycles. The molecule has 0 saturated carbocycles. The Bertz CT molecular complexity index is 464. The van der Waals surface area contributed by atoms with Gasteiger partial charge in [-0.05, 0) is 34.1 Å². The first-order chi connectivity index (χ1) is 7.17. The van der Waals surface area contributed by atoms with Gasteiger partial charge in [0.15, 0.2) is 0 Å². The Morgan fingerprint density at radius 2 is 1.93 bits per heavy atom. The summed E-state index contributed by atoms with van der Waals surface area (Å²) in [5.41, 5.74) is 0.814. The maximum atomic E-state index is 8.53. The maximum absolute atomic E-state index is 8.53. The zero-order valence-corrected chi connectivity index (χ0v) is 10.6. The minimum Gasteiger partial charge on any atom is -0.359 e. The molecule has 1 aromatic rings. The normalized spacial score (nSPS) is 8.53. The van der Waals surface area contributed by atoms with Gasteiger partial charge in [-0.15, -0.1) is 0 Å². The number of anilines is 1. The highest BCUT2D eigenvalue weighted by atomic mass is 79.9. The number of nitriles is 2. The van der Waals surface area contributed by atoms with E-state index in [1.165, 1.54) is 6.20 Å². The molecule has 1 aromatic carbocycles. The van der Waals surface area contributed by atoms with Crippen LogP contribution in [0.25, 0.3) is 0 Å². The molecule has 0 bridgehead atoms.